The molecule has 0 saturated carbocycles. The molecule has 0 fully saturated rings. The largest absolute Gasteiger partial charge is 0.398 e. The minimum Gasteiger partial charge on any atom is -0.398 e. The Hall–Kier alpha value is -1.96. The third-order valence-corrected chi connectivity index (χ3v) is 2.95. The van der Waals surface area contributed by atoms with Crippen molar-refractivity contribution in [2.24, 2.45) is 0 Å². The van der Waals surface area contributed by atoms with Gasteiger partial charge in [-0.3, -0.25) is 0 Å². The van der Waals surface area contributed by atoms with Crippen LogP contribution in [0, 0.1) is 13.8 Å². The Morgan fingerprint density at radius 1 is 0.812 bits per heavy atom. The van der Waals surface area contributed by atoms with Gasteiger partial charge in [0.1, 0.15) is 0 Å². The molecule has 2 aromatic rings. The van der Waals surface area contributed by atoms with Gasteiger partial charge in [-0.1, -0.05) is 24.3 Å². The summed E-state index contributed by atoms with van der Waals surface area (Å²) in [6.45, 7) is 4.09. The van der Waals surface area contributed by atoms with Crippen LogP contribution < -0.4 is 11.5 Å². The molecule has 0 bridgehead atoms. The van der Waals surface area contributed by atoms with Gasteiger partial charge in [0.25, 0.3) is 0 Å². The van der Waals surface area contributed by atoms with Gasteiger partial charge in [-0.05, 0) is 42.7 Å². The van der Waals surface area contributed by atoms with Crippen molar-refractivity contribution in [2.45, 2.75) is 13.8 Å². The lowest BCUT2D eigenvalue weighted by atomic mass is 9.94. The molecular weight excluding hydrogens is 196 g/mol. The summed E-state index contributed by atoms with van der Waals surface area (Å²) in [5, 5.41) is 0. The van der Waals surface area contributed by atoms with E-state index in [9.17, 15) is 0 Å². The molecule has 2 nitrogen and oxygen atoms in total. The summed E-state index contributed by atoms with van der Waals surface area (Å²) >= 11 is 0. The van der Waals surface area contributed by atoms with Gasteiger partial charge in [0.2, 0.25) is 0 Å². The Morgan fingerprint density at radius 2 is 1.44 bits per heavy atom. The molecular formula is C14H16N2. The van der Waals surface area contributed by atoms with Crippen LogP contribution in [0.25, 0.3) is 11.1 Å². The maximum atomic E-state index is 6.03. The van der Waals surface area contributed by atoms with E-state index in [0.717, 1.165) is 28.1 Å². The van der Waals surface area contributed by atoms with Crippen molar-refractivity contribution in [3.8, 4) is 11.1 Å². The molecule has 0 aliphatic carbocycles. The van der Waals surface area contributed by atoms with Gasteiger partial charge in [-0.2, -0.15) is 0 Å². The Bertz CT molecular complexity index is 510. The first kappa shape index (κ1) is 10.6. The lowest BCUT2D eigenvalue weighted by Gasteiger charge is -2.13. The molecule has 0 saturated heterocycles. The zero-order valence-electron chi connectivity index (χ0n) is 9.62. The number of nitrogen functional groups attached to an aromatic ring is 2. The van der Waals surface area contributed by atoms with Crippen LogP contribution >= 0.6 is 0 Å². The Labute approximate surface area is 95.9 Å². The van der Waals surface area contributed by atoms with Crippen molar-refractivity contribution in [3.05, 3.63) is 47.5 Å². The van der Waals surface area contributed by atoms with Crippen LogP contribution in [-0.2, 0) is 0 Å². The number of rotatable bonds is 1. The summed E-state index contributed by atoms with van der Waals surface area (Å²) < 4.78 is 0. The lowest BCUT2D eigenvalue weighted by molar-refractivity contribution is 1.41. The molecule has 0 atom stereocenters. The average molecular weight is 212 g/mol. The molecule has 0 spiro atoms. The van der Waals surface area contributed by atoms with E-state index in [-0.39, 0.29) is 0 Å². The van der Waals surface area contributed by atoms with E-state index in [4.69, 9.17) is 11.5 Å². The summed E-state index contributed by atoms with van der Waals surface area (Å²) in [7, 11) is 0. The maximum absolute atomic E-state index is 6.03. The van der Waals surface area contributed by atoms with Crippen LogP contribution in [0.3, 0.4) is 0 Å². The summed E-state index contributed by atoms with van der Waals surface area (Å²) in [5.41, 5.74) is 18.0. The Kier molecular flexibility index (Phi) is 2.57. The van der Waals surface area contributed by atoms with Gasteiger partial charge < -0.3 is 11.5 Å². The third-order valence-electron chi connectivity index (χ3n) is 2.95. The fourth-order valence-electron chi connectivity index (χ4n) is 1.98. The van der Waals surface area contributed by atoms with Crippen molar-refractivity contribution < 1.29 is 0 Å². The fraction of sp³-hybridized carbons (Fsp3) is 0.143. The van der Waals surface area contributed by atoms with Crippen molar-refractivity contribution in [1.29, 1.82) is 0 Å². The summed E-state index contributed by atoms with van der Waals surface area (Å²) in [4.78, 5) is 0. The monoisotopic (exact) mass is 212 g/mol. The number of anilines is 2. The first-order chi connectivity index (χ1) is 7.61. The summed E-state index contributed by atoms with van der Waals surface area (Å²) in [6, 6.07) is 11.9. The average Bonchev–Trinajstić information content (AvgIpc) is 2.24. The molecule has 2 heteroatoms. The van der Waals surface area contributed by atoms with Crippen LogP contribution in [-0.4, -0.2) is 0 Å². The van der Waals surface area contributed by atoms with E-state index < -0.39 is 0 Å². The van der Waals surface area contributed by atoms with E-state index in [1.54, 1.807) is 0 Å². The van der Waals surface area contributed by atoms with E-state index in [1.807, 2.05) is 31.2 Å². The van der Waals surface area contributed by atoms with Crippen LogP contribution in [0.4, 0.5) is 11.4 Å². The molecule has 16 heavy (non-hydrogen) atoms. The molecule has 2 aromatic carbocycles. The van der Waals surface area contributed by atoms with Crippen molar-refractivity contribution >= 4 is 11.4 Å². The number of aryl methyl sites for hydroxylation is 1. The topological polar surface area (TPSA) is 52.0 Å². The van der Waals surface area contributed by atoms with Crippen LogP contribution in [0.2, 0.25) is 0 Å². The SMILES string of the molecule is Cc1cccc(N)c1-c1cccc(N)c1C. The number of benzene rings is 2. The summed E-state index contributed by atoms with van der Waals surface area (Å²) in [6.07, 6.45) is 0. The number of hydrogen-bond acceptors (Lipinski definition) is 2. The first-order valence-electron chi connectivity index (χ1n) is 5.32. The molecule has 82 valence electrons. The van der Waals surface area contributed by atoms with Gasteiger partial charge >= 0.3 is 0 Å². The minimum absolute atomic E-state index is 0.800. The molecule has 0 aliphatic heterocycles. The molecule has 0 amide bonds. The second-order valence-corrected chi connectivity index (χ2v) is 4.06. The Morgan fingerprint density at radius 3 is 2.12 bits per heavy atom. The number of hydrogen-bond donors (Lipinski definition) is 2. The smallest absolute Gasteiger partial charge is 0.0396 e. The second kappa shape index (κ2) is 3.89. The van der Waals surface area contributed by atoms with Crippen molar-refractivity contribution in [2.75, 3.05) is 11.5 Å². The van der Waals surface area contributed by atoms with Crippen molar-refractivity contribution in [3.63, 3.8) is 0 Å². The molecule has 0 aromatic heterocycles. The number of nitrogens with two attached hydrogens (primary N) is 2. The van der Waals surface area contributed by atoms with E-state index in [2.05, 4.69) is 19.1 Å². The van der Waals surface area contributed by atoms with Gasteiger partial charge in [0, 0.05) is 16.9 Å². The molecule has 2 rings (SSSR count). The highest BCUT2D eigenvalue weighted by atomic mass is 14.6. The predicted octanol–water partition coefficient (Wildman–Crippen LogP) is 3.13. The Balaban J connectivity index is 2.73. The maximum Gasteiger partial charge on any atom is 0.0396 e. The van der Waals surface area contributed by atoms with Gasteiger partial charge in [-0.15, -0.1) is 0 Å². The highest BCUT2D eigenvalue weighted by Crippen LogP contribution is 2.33. The molecule has 0 radical (unpaired) electrons. The lowest BCUT2D eigenvalue weighted by Crippen LogP contribution is -1.97. The predicted molar refractivity (Wildman–Crippen MR) is 70.2 cm³/mol. The van der Waals surface area contributed by atoms with Crippen LogP contribution in [0.15, 0.2) is 36.4 Å². The molecule has 0 unspecified atom stereocenters. The highest BCUT2D eigenvalue weighted by Gasteiger charge is 2.09. The van der Waals surface area contributed by atoms with Crippen molar-refractivity contribution in [1.82, 2.24) is 0 Å². The third kappa shape index (κ3) is 1.63. The molecule has 4 N–H and O–H groups in total. The summed E-state index contributed by atoms with van der Waals surface area (Å²) in [5.74, 6) is 0. The normalized spacial score (nSPS) is 10.4. The zero-order valence-corrected chi connectivity index (χ0v) is 9.62. The highest BCUT2D eigenvalue weighted by molar-refractivity contribution is 5.83. The fourth-order valence-corrected chi connectivity index (χ4v) is 1.98. The zero-order chi connectivity index (χ0) is 11.7. The minimum atomic E-state index is 0.800. The molecule has 0 aliphatic rings. The first-order valence-corrected chi connectivity index (χ1v) is 5.32. The quantitative estimate of drug-likeness (QED) is 0.713. The van der Waals surface area contributed by atoms with E-state index in [1.165, 1.54) is 5.56 Å². The standard InChI is InChI=1S/C14H16N2/c1-9-5-3-8-13(16)14(9)11-6-4-7-12(15)10(11)2/h3-8H,15-16H2,1-2H3. The van der Waals surface area contributed by atoms with E-state index in [0.29, 0.717) is 0 Å². The van der Waals surface area contributed by atoms with Crippen LogP contribution in [0.5, 0.6) is 0 Å². The van der Waals surface area contributed by atoms with E-state index >= 15 is 0 Å². The second-order valence-electron chi connectivity index (χ2n) is 4.06. The van der Waals surface area contributed by atoms with Gasteiger partial charge in [-0.25, -0.2) is 0 Å². The van der Waals surface area contributed by atoms with Gasteiger partial charge in [0.15, 0.2) is 0 Å². The van der Waals surface area contributed by atoms with Gasteiger partial charge in [0.05, 0.1) is 0 Å². The van der Waals surface area contributed by atoms with Crippen LogP contribution in [0.1, 0.15) is 11.1 Å². The molecule has 0 heterocycles.